The third-order valence-corrected chi connectivity index (χ3v) is 5.93. The van der Waals surface area contributed by atoms with Crippen molar-refractivity contribution in [3.8, 4) is 0 Å². The van der Waals surface area contributed by atoms with Gasteiger partial charge in [0.15, 0.2) is 6.20 Å². The molecule has 0 spiro atoms. The molecular weight excluding hydrogens is 316 g/mol. The molecule has 3 heterocycles. The molecule has 0 saturated carbocycles. The largest absolute Gasteiger partial charge is 0.618 e. The van der Waals surface area contributed by atoms with Crippen LogP contribution in [-0.2, 0) is 11.2 Å². The van der Waals surface area contributed by atoms with E-state index in [4.69, 9.17) is 0 Å². The second kappa shape index (κ2) is 6.71. The van der Waals surface area contributed by atoms with Crippen molar-refractivity contribution in [2.75, 3.05) is 12.3 Å². The lowest BCUT2D eigenvalue weighted by atomic mass is 9.98. The molecule has 1 amide bonds. The average Bonchev–Trinajstić information content (AvgIpc) is 3.01. The molecule has 2 aromatic heterocycles. The maximum atomic E-state index is 12.6. The van der Waals surface area contributed by atoms with Crippen molar-refractivity contribution in [3.63, 3.8) is 0 Å². The van der Waals surface area contributed by atoms with Gasteiger partial charge >= 0.3 is 0 Å². The lowest BCUT2D eigenvalue weighted by Gasteiger charge is -2.35. The normalized spacial score (nSPS) is 17.3. The number of amides is 1. The lowest BCUT2D eigenvalue weighted by Crippen LogP contribution is -2.40. The Hall–Kier alpha value is -1.53. The van der Waals surface area contributed by atoms with Crippen molar-refractivity contribution in [1.82, 2.24) is 4.90 Å². The van der Waals surface area contributed by atoms with Crippen LogP contribution in [-0.4, -0.2) is 23.1 Å². The fourth-order valence-electron chi connectivity index (χ4n) is 2.88. The number of carbonyl (C=O) groups is 1. The molecule has 2 aromatic rings. The Morgan fingerprint density at radius 1 is 1.50 bits per heavy atom. The minimum atomic E-state index is 0.109. The molecule has 1 atom stereocenters. The molecule has 3 rings (SSSR count). The molecule has 1 aliphatic heterocycles. The average molecular weight is 334 g/mol. The molecule has 0 radical (unpaired) electrons. The molecule has 1 aliphatic rings. The summed E-state index contributed by atoms with van der Waals surface area (Å²) >= 11 is 3.09. The van der Waals surface area contributed by atoms with Crippen LogP contribution in [0.25, 0.3) is 0 Å². The predicted molar refractivity (Wildman–Crippen MR) is 88.9 cm³/mol. The molecule has 4 nitrogen and oxygen atoms in total. The van der Waals surface area contributed by atoms with Crippen LogP contribution >= 0.6 is 23.1 Å². The summed E-state index contributed by atoms with van der Waals surface area (Å²) < 4.78 is 0.808. The van der Waals surface area contributed by atoms with Crippen molar-refractivity contribution >= 4 is 29.0 Å². The number of thioether (sulfide) groups is 1. The zero-order valence-electron chi connectivity index (χ0n) is 12.4. The Bertz CT molecular complexity index is 672. The van der Waals surface area contributed by atoms with Crippen LogP contribution < -0.4 is 4.73 Å². The van der Waals surface area contributed by atoms with E-state index in [2.05, 4.69) is 18.4 Å². The first-order valence-electron chi connectivity index (χ1n) is 7.37. The van der Waals surface area contributed by atoms with Gasteiger partial charge in [-0.25, -0.2) is 0 Å². The number of hydrogen-bond acceptors (Lipinski definition) is 4. The van der Waals surface area contributed by atoms with Crippen LogP contribution in [0.1, 0.15) is 29.8 Å². The first kappa shape index (κ1) is 15.4. The Morgan fingerprint density at radius 3 is 3.14 bits per heavy atom. The Morgan fingerprint density at radius 2 is 2.36 bits per heavy atom. The maximum Gasteiger partial charge on any atom is 0.251 e. The molecule has 116 valence electrons. The van der Waals surface area contributed by atoms with Crippen molar-refractivity contribution < 1.29 is 9.52 Å². The van der Waals surface area contributed by atoms with Crippen molar-refractivity contribution in [1.29, 1.82) is 0 Å². The number of thiophene rings is 1. The second-order valence-corrected chi connectivity index (χ2v) is 7.21. The number of carbonyl (C=O) groups excluding carboxylic acids is 1. The molecule has 0 N–H and O–H groups in total. The molecule has 0 saturated heterocycles. The molecular formula is C16H18N2O2S2. The SMILES string of the molecule is CC[C@@H]1c2ccsc2CCN1C(=O)CSc1cccc[n+]1[O-]. The number of nitrogens with zero attached hydrogens (tertiary/aromatic N) is 2. The summed E-state index contributed by atoms with van der Waals surface area (Å²) in [6.45, 7) is 2.89. The fourth-order valence-corrected chi connectivity index (χ4v) is 4.61. The van der Waals surface area contributed by atoms with Gasteiger partial charge in [-0.2, -0.15) is 4.73 Å². The number of fused-ring (bicyclic) bond motifs is 1. The van der Waals surface area contributed by atoms with Crippen LogP contribution in [0.2, 0.25) is 0 Å². The Kier molecular flexibility index (Phi) is 4.69. The Labute approximate surface area is 138 Å². The summed E-state index contributed by atoms with van der Waals surface area (Å²) in [5.41, 5.74) is 1.30. The third-order valence-electron chi connectivity index (χ3n) is 3.93. The summed E-state index contributed by atoms with van der Waals surface area (Å²) in [7, 11) is 0. The quantitative estimate of drug-likeness (QED) is 0.490. The highest BCUT2D eigenvalue weighted by atomic mass is 32.2. The number of aromatic nitrogens is 1. The summed E-state index contributed by atoms with van der Waals surface area (Å²) in [5.74, 6) is 0.417. The molecule has 0 fully saturated rings. The highest BCUT2D eigenvalue weighted by Gasteiger charge is 2.30. The highest BCUT2D eigenvalue weighted by Crippen LogP contribution is 2.35. The molecule has 0 unspecified atom stereocenters. The standard InChI is InChI=1S/C16H18N2O2S2/c1-2-13-12-7-10-21-14(12)6-9-17(13)15(19)11-22-16-5-3-4-8-18(16)20/h3-5,7-8,10,13H,2,6,9,11H2,1H3/t13-/m1/s1. The van der Waals surface area contributed by atoms with Gasteiger partial charge in [0.25, 0.3) is 5.03 Å². The number of rotatable bonds is 4. The van der Waals surface area contributed by atoms with Crippen LogP contribution in [0, 0.1) is 5.21 Å². The van der Waals surface area contributed by atoms with Crippen LogP contribution in [0.5, 0.6) is 0 Å². The fraction of sp³-hybridized carbons (Fsp3) is 0.375. The van der Waals surface area contributed by atoms with E-state index in [0.717, 1.165) is 24.1 Å². The van der Waals surface area contributed by atoms with E-state index in [9.17, 15) is 10.0 Å². The van der Waals surface area contributed by atoms with Gasteiger partial charge in [-0.05, 0) is 47.7 Å². The third kappa shape index (κ3) is 2.98. The van der Waals surface area contributed by atoms with E-state index in [1.165, 1.54) is 28.4 Å². The Balaban J connectivity index is 1.69. The molecule has 22 heavy (non-hydrogen) atoms. The second-order valence-electron chi connectivity index (χ2n) is 5.21. The van der Waals surface area contributed by atoms with Gasteiger partial charge in [-0.15, -0.1) is 11.3 Å². The van der Waals surface area contributed by atoms with E-state index < -0.39 is 0 Å². The predicted octanol–water partition coefficient (Wildman–Crippen LogP) is 3.01. The topological polar surface area (TPSA) is 47.2 Å². The van der Waals surface area contributed by atoms with Crippen LogP contribution in [0.15, 0.2) is 40.9 Å². The highest BCUT2D eigenvalue weighted by molar-refractivity contribution is 7.99. The van der Waals surface area contributed by atoms with Gasteiger partial charge in [0.1, 0.15) is 0 Å². The zero-order chi connectivity index (χ0) is 15.5. The minimum Gasteiger partial charge on any atom is -0.618 e. The van der Waals surface area contributed by atoms with Gasteiger partial charge in [0.05, 0.1) is 11.8 Å². The summed E-state index contributed by atoms with van der Waals surface area (Å²) in [6, 6.07) is 7.57. The number of hydrogen-bond donors (Lipinski definition) is 0. The summed E-state index contributed by atoms with van der Waals surface area (Å²) in [4.78, 5) is 16.0. The molecule has 0 aliphatic carbocycles. The van der Waals surface area contributed by atoms with Gasteiger partial charge < -0.3 is 10.1 Å². The maximum absolute atomic E-state index is 12.6. The van der Waals surface area contributed by atoms with E-state index >= 15 is 0 Å². The van der Waals surface area contributed by atoms with Crippen LogP contribution in [0.4, 0.5) is 0 Å². The molecule has 0 bridgehead atoms. The van der Waals surface area contributed by atoms with Crippen molar-refractivity contribution in [3.05, 3.63) is 51.5 Å². The smallest absolute Gasteiger partial charge is 0.251 e. The van der Waals surface area contributed by atoms with Gasteiger partial charge in [0, 0.05) is 23.6 Å². The molecule has 0 aromatic carbocycles. The summed E-state index contributed by atoms with van der Waals surface area (Å²) in [5, 5.41) is 14.3. The van der Waals surface area contributed by atoms with E-state index in [-0.39, 0.29) is 11.9 Å². The lowest BCUT2D eigenvalue weighted by molar-refractivity contribution is -0.645. The zero-order valence-corrected chi connectivity index (χ0v) is 14.0. The first-order valence-corrected chi connectivity index (χ1v) is 9.24. The van der Waals surface area contributed by atoms with Gasteiger partial charge in [-0.1, -0.05) is 6.92 Å². The first-order chi connectivity index (χ1) is 10.7. The van der Waals surface area contributed by atoms with Crippen LogP contribution in [0.3, 0.4) is 0 Å². The van der Waals surface area contributed by atoms with Crippen molar-refractivity contribution in [2.45, 2.75) is 30.8 Å². The number of pyridine rings is 1. The summed E-state index contributed by atoms with van der Waals surface area (Å²) in [6.07, 6.45) is 3.32. The molecule has 6 heteroatoms. The van der Waals surface area contributed by atoms with E-state index in [1.807, 2.05) is 11.0 Å². The van der Waals surface area contributed by atoms with Gasteiger partial charge in [0.2, 0.25) is 5.91 Å². The van der Waals surface area contributed by atoms with E-state index in [0.29, 0.717) is 10.8 Å². The van der Waals surface area contributed by atoms with Gasteiger partial charge in [-0.3, -0.25) is 4.79 Å². The van der Waals surface area contributed by atoms with Crippen molar-refractivity contribution in [2.24, 2.45) is 0 Å². The van der Waals surface area contributed by atoms with E-state index in [1.54, 1.807) is 23.5 Å². The monoisotopic (exact) mass is 334 g/mol. The minimum absolute atomic E-state index is 0.109.